The summed E-state index contributed by atoms with van der Waals surface area (Å²) in [7, 11) is 0. The first-order valence-electron chi connectivity index (χ1n) is 2.56. The van der Waals surface area contributed by atoms with Crippen molar-refractivity contribution in [3.05, 3.63) is 23.7 Å². The number of hydrogen-bond acceptors (Lipinski definition) is 3. The van der Waals surface area contributed by atoms with Gasteiger partial charge >= 0.3 is 0 Å². The van der Waals surface area contributed by atoms with Crippen LogP contribution in [0.25, 0.3) is 0 Å². The van der Waals surface area contributed by atoms with E-state index in [-0.39, 0.29) is 0 Å². The molecule has 0 radical (unpaired) electrons. The normalized spacial score (nSPS) is 10.8. The average Bonchev–Trinajstić information content (AvgIpc) is 2.18. The van der Waals surface area contributed by atoms with Gasteiger partial charge in [-0.1, -0.05) is 5.16 Å². The van der Waals surface area contributed by atoms with Gasteiger partial charge in [0.15, 0.2) is 5.76 Å². The standard InChI is InChI=1S/C6H7NO2/c1-5-2-3-9-6(5)4-7-8/h2-4,8H,1H3/b7-4+. The third-order valence-electron chi connectivity index (χ3n) is 1.08. The van der Waals surface area contributed by atoms with Crippen LogP contribution >= 0.6 is 0 Å². The number of aryl methyl sites for hydroxylation is 1. The minimum Gasteiger partial charge on any atom is -0.463 e. The summed E-state index contributed by atoms with van der Waals surface area (Å²) in [6, 6.07) is 1.80. The molecule has 1 aromatic heterocycles. The molecule has 0 amide bonds. The predicted molar refractivity (Wildman–Crippen MR) is 32.8 cm³/mol. The Morgan fingerprint density at radius 3 is 3.00 bits per heavy atom. The second kappa shape index (κ2) is 2.35. The number of hydrogen-bond donors (Lipinski definition) is 1. The highest BCUT2D eigenvalue weighted by atomic mass is 16.4. The zero-order chi connectivity index (χ0) is 6.69. The van der Waals surface area contributed by atoms with Crippen molar-refractivity contribution in [3.8, 4) is 0 Å². The lowest BCUT2D eigenvalue weighted by molar-refractivity contribution is 0.320. The summed E-state index contributed by atoms with van der Waals surface area (Å²) in [4.78, 5) is 0. The van der Waals surface area contributed by atoms with E-state index < -0.39 is 0 Å². The minimum atomic E-state index is 0.595. The van der Waals surface area contributed by atoms with Crippen LogP contribution in [0.4, 0.5) is 0 Å². The highest BCUT2D eigenvalue weighted by Gasteiger charge is 1.95. The van der Waals surface area contributed by atoms with Crippen LogP contribution in [0, 0.1) is 6.92 Å². The predicted octanol–water partition coefficient (Wildman–Crippen LogP) is 1.40. The molecule has 0 saturated heterocycles. The number of furan rings is 1. The maximum absolute atomic E-state index is 8.07. The van der Waals surface area contributed by atoms with Crippen molar-refractivity contribution < 1.29 is 9.62 Å². The third kappa shape index (κ3) is 1.10. The molecule has 48 valence electrons. The first-order chi connectivity index (χ1) is 4.34. The Balaban J connectivity index is 2.94. The molecule has 0 aliphatic rings. The summed E-state index contributed by atoms with van der Waals surface area (Å²) >= 11 is 0. The highest BCUT2D eigenvalue weighted by molar-refractivity contribution is 5.77. The Labute approximate surface area is 52.6 Å². The molecule has 1 N–H and O–H groups in total. The largest absolute Gasteiger partial charge is 0.463 e. The number of nitrogens with zero attached hydrogens (tertiary/aromatic N) is 1. The van der Waals surface area contributed by atoms with E-state index in [2.05, 4.69) is 5.16 Å². The van der Waals surface area contributed by atoms with Gasteiger partial charge in [-0.05, 0) is 18.6 Å². The number of rotatable bonds is 1. The molecule has 0 unspecified atom stereocenters. The quantitative estimate of drug-likeness (QED) is 0.350. The molecule has 0 bridgehead atoms. The van der Waals surface area contributed by atoms with Crippen LogP contribution in [0.1, 0.15) is 11.3 Å². The van der Waals surface area contributed by atoms with E-state index in [0.29, 0.717) is 5.76 Å². The molecule has 0 aliphatic carbocycles. The molecule has 0 atom stereocenters. The van der Waals surface area contributed by atoms with Crippen LogP contribution in [-0.4, -0.2) is 11.4 Å². The second-order valence-electron chi connectivity index (χ2n) is 1.71. The molecule has 1 aromatic rings. The minimum absolute atomic E-state index is 0.595. The monoisotopic (exact) mass is 125 g/mol. The Morgan fingerprint density at radius 2 is 2.56 bits per heavy atom. The molecule has 1 heterocycles. The summed E-state index contributed by atoms with van der Waals surface area (Å²) < 4.78 is 4.90. The van der Waals surface area contributed by atoms with Crippen molar-refractivity contribution in [2.24, 2.45) is 5.16 Å². The van der Waals surface area contributed by atoms with Crippen LogP contribution in [0.2, 0.25) is 0 Å². The number of oxime groups is 1. The smallest absolute Gasteiger partial charge is 0.151 e. The zero-order valence-electron chi connectivity index (χ0n) is 5.03. The fraction of sp³-hybridized carbons (Fsp3) is 0.167. The first kappa shape index (κ1) is 5.88. The van der Waals surface area contributed by atoms with Crippen molar-refractivity contribution >= 4 is 6.21 Å². The van der Waals surface area contributed by atoms with Crippen molar-refractivity contribution in [3.63, 3.8) is 0 Å². The van der Waals surface area contributed by atoms with E-state index >= 15 is 0 Å². The van der Waals surface area contributed by atoms with Crippen molar-refractivity contribution in [2.45, 2.75) is 6.92 Å². The maximum atomic E-state index is 8.07. The average molecular weight is 125 g/mol. The Kier molecular flexibility index (Phi) is 1.53. The van der Waals surface area contributed by atoms with Crippen molar-refractivity contribution in [2.75, 3.05) is 0 Å². The zero-order valence-corrected chi connectivity index (χ0v) is 5.03. The Hall–Kier alpha value is -1.25. The maximum Gasteiger partial charge on any atom is 0.151 e. The first-order valence-corrected chi connectivity index (χ1v) is 2.56. The molecular weight excluding hydrogens is 118 g/mol. The summed E-state index contributed by atoms with van der Waals surface area (Å²) in [6.07, 6.45) is 2.81. The second-order valence-corrected chi connectivity index (χ2v) is 1.71. The van der Waals surface area contributed by atoms with E-state index in [4.69, 9.17) is 9.62 Å². The van der Waals surface area contributed by atoms with Gasteiger partial charge in [0.1, 0.15) is 6.21 Å². The van der Waals surface area contributed by atoms with Gasteiger partial charge in [0.2, 0.25) is 0 Å². The Morgan fingerprint density at radius 1 is 1.78 bits per heavy atom. The van der Waals surface area contributed by atoms with Gasteiger partial charge in [-0.2, -0.15) is 0 Å². The van der Waals surface area contributed by atoms with Gasteiger partial charge in [-0.15, -0.1) is 0 Å². The summed E-state index contributed by atoms with van der Waals surface area (Å²) in [5, 5.41) is 10.9. The molecule has 0 spiro atoms. The summed E-state index contributed by atoms with van der Waals surface area (Å²) in [5.41, 5.74) is 0.966. The summed E-state index contributed by atoms with van der Waals surface area (Å²) in [5.74, 6) is 0.595. The molecule has 3 heteroatoms. The van der Waals surface area contributed by atoms with Crippen LogP contribution in [-0.2, 0) is 0 Å². The van der Waals surface area contributed by atoms with Crippen molar-refractivity contribution in [1.82, 2.24) is 0 Å². The van der Waals surface area contributed by atoms with E-state index in [1.807, 2.05) is 6.92 Å². The summed E-state index contributed by atoms with van der Waals surface area (Å²) in [6.45, 7) is 1.88. The topological polar surface area (TPSA) is 45.7 Å². The molecule has 0 saturated carbocycles. The van der Waals surface area contributed by atoms with Gasteiger partial charge in [-0.25, -0.2) is 0 Å². The molecule has 0 aromatic carbocycles. The van der Waals surface area contributed by atoms with E-state index in [0.717, 1.165) is 5.56 Å². The van der Waals surface area contributed by atoms with E-state index in [1.165, 1.54) is 6.21 Å². The van der Waals surface area contributed by atoms with Crippen LogP contribution in [0.15, 0.2) is 21.9 Å². The lowest BCUT2D eigenvalue weighted by Crippen LogP contribution is -1.77. The van der Waals surface area contributed by atoms with Crippen molar-refractivity contribution in [1.29, 1.82) is 0 Å². The molecule has 0 fully saturated rings. The molecule has 3 nitrogen and oxygen atoms in total. The molecule has 9 heavy (non-hydrogen) atoms. The fourth-order valence-corrected chi connectivity index (χ4v) is 0.569. The molecule has 1 rings (SSSR count). The van der Waals surface area contributed by atoms with Crippen LogP contribution in [0.3, 0.4) is 0 Å². The molecular formula is C6H7NO2. The highest BCUT2D eigenvalue weighted by Crippen LogP contribution is 2.04. The van der Waals surface area contributed by atoms with Gasteiger partial charge in [0.05, 0.1) is 6.26 Å². The van der Waals surface area contributed by atoms with E-state index in [9.17, 15) is 0 Å². The fourth-order valence-electron chi connectivity index (χ4n) is 0.569. The lowest BCUT2D eigenvalue weighted by atomic mass is 10.3. The molecule has 0 aliphatic heterocycles. The van der Waals surface area contributed by atoms with Gasteiger partial charge in [0, 0.05) is 0 Å². The van der Waals surface area contributed by atoms with E-state index in [1.54, 1.807) is 12.3 Å². The van der Waals surface area contributed by atoms with Gasteiger partial charge in [-0.3, -0.25) is 0 Å². The van der Waals surface area contributed by atoms with Gasteiger partial charge < -0.3 is 9.62 Å². The third-order valence-corrected chi connectivity index (χ3v) is 1.08. The Bertz CT molecular complexity index is 215. The SMILES string of the molecule is Cc1ccoc1/C=N/O. The lowest BCUT2D eigenvalue weighted by Gasteiger charge is -1.82. The van der Waals surface area contributed by atoms with Crippen LogP contribution < -0.4 is 0 Å². The van der Waals surface area contributed by atoms with Crippen LogP contribution in [0.5, 0.6) is 0 Å². The van der Waals surface area contributed by atoms with Gasteiger partial charge in [0.25, 0.3) is 0 Å².